The summed E-state index contributed by atoms with van der Waals surface area (Å²) in [5, 5.41) is 12.6. The third-order valence-corrected chi connectivity index (χ3v) is 4.60. The average molecular weight is 463 g/mol. The second kappa shape index (κ2) is 12.2. The van der Waals surface area contributed by atoms with Crippen molar-refractivity contribution in [3.8, 4) is 11.5 Å². The van der Waals surface area contributed by atoms with E-state index < -0.39 is 0 Å². The van der Waals surface area contributed by atoms with E-state index in [-0.39, 0.29) is 37.5 Å². The predicted molar refractivity (Wildman–Crippen MR) is 111 cm³/mol. The second-order valence-electron chi connectivity index (χ2n) is 5.89. The highest BCUT2D eigenvalue weighted by Crippen LogP contribution is 2.37. The van der Waals surface area contributed by atoms with Crippen molar-refractivity contribution in [3.05, 3.63) is 57.8 Å². The summed E-state index contributed by atoms with van der Waals surface area (Å²) in [5.74, 6) is 0.858. The van der Waals surface area contributed by atoms with Gasteiger partial charge in [0.2, 0.25) is 0 Å². The molecule has 0 fully saturated rings. The van der Waals surface area contributed by atoms with E-state index in [9.17, 15) is 9.50 Å². The number of hydrogen-bond donors (Lipinski definition) is 2. The van der Waals surface area contributed by atoms with Gasteiger partial charge in [-0.15, -0.1) is 12.4 Å². The molecule has 2 aromatic rings. The molecule has 150 valence electrons. The van der Waals surface area contributed by atoms with Gasteiger partial charge >= 0.3 is 0 Å². The molecule has 7 heteroatoms. The number of aliphatic hydroxyl groups is 1. The fraction of sp³-hybridized carbons (Fsp3) is 0.400. The predicted octanol–water partition coefficient (Wildman–Crippen LogP) is 4.85. The highest BCUT2D eigenvalue weighted by atomic mass is 79.9. The molecule has 0 saturated carbocycles. The second-order valence-corrected chi connectivity index (χ2v) is 6.74. The van der Waals surface area contributed by atoms with E-state index in [4.69, 9.17) is 9.47 Å². The van der Waals surface area contributed by atoms with Crippen molar-refractivity contribution in [1.82, 2.24) is 5.32 Å². The van der Waals surface area contributed by atoms with Crippen molar-refractivity contribution in [1.29, 1.82) is 0 Å². The van der Waals surface area contributed by atoms with E-state index in [1.165, 1.54) is 6.07 Å². The SMILES string of the molecule is CCOc1cc(CNC(CC)CO)cc(Br)c1OCc1ccccc1F.Cl. The molecule has 0 aromatic heterocycles. The lowest BCUT2D eigenvalue weighted by atomic mass is 10.1. The Morgan fingerprint density at radius 1 is 1.19 bits per heavy atom. The minimum atomic E-state index is -0.294. The van der Waals surface area contributed by atoms with Crippen LogP contribution in [0, 0.1) is 5.82 Å². The Morgan fingerprint density at radius 2 is 1.93 bits per heavy atom. The Balaban J connectivity index is 0.00000364. The largest absolute Gasteiger partial charge is 0.490 e. The van der Waals surface area contributed by atoms with Crippen LogP contribution in [0.3, 0.4) is 0 Å². The third-order valence-electron chi connectivity index (χ3n) is 4.01. The number of hydrogen-bond acceptors (Lipinski definition) is 4. The minimum absolute atomic E-state index is 0. The monoisotopic (exact) mass is 461 g/mol. The highest BCUT2D eigenvalue weighted by Gasteiger charge is 2.14. The quantitative estimate of drug-likeness (QED) is 0.530. The topological polar surface area (TPSA) is 50.7 Å². The maximum absolute atomic E-state index is 13.8. The van der Waals surface area contributed by atoms with Crippen LogP contribution in [-0.2, 0) is 13.2 Å². The molecule has 0 radical (unpaired) electrons. The number of benzene rings is 2. The van der Waals surface area contributed by atoms with Gasteiger partial charge in [-0.2, -0.15) is 0 Å². The molecular formula is C20H26BrClFNO3. The Bertz CT molecular complexity index is 714. The van der Waals surface area contributed by atoms with Crippen LogP contribution in [-0.4, -0.2) is 24.4 Å². The molecular weight excluding hydrogens is 437 g/mol. The summed E-state index contributed by atoms with van der Waals surface area (Å²) >= 11 is 3.53. The summed E-state index contributed by atoms with van der Waals surface area (Å²) in [5.41, 5.74) is 1.49. The molecule has 2 aromatic carbocycles. The first-order valence-electron chi connectivity index (χ1n) is 8.74. The molecule has 27 heavy (non-hydrogen) atoms. The van der Waals surface area contributed by atoms with Gasteiger partial charge in [0.1, 0.15) is 12.4 Å². The summed E-state index contributed by atoms with van der Waals surface area (Å²) < 4.78 is 26.1. The Kier molecular flexibility index (Phi) is 10.7. The van der Waals surface area contributed by atoms with Crippen molar-refractivity contribution < 1.29 is 19.0 Å². The Hall–Kier alpha value is -1.34. The minimum Gasteiger partial charge on any atom is -0.490 e. The smallest absolute Gasteiger partial charge is 0.175 e. The van der Waals surface area contributed by atoms with Crippen LogP contribution >= 0.6 is 28.3 Å². The Labute approximate surface area is 174 Å². The first-order chi connectivity index (χ1) is 12.6. The van der Waals surface area contributed by atoms with Crippen molar-refractivity contribution >= 4 is 28.3 Å². The molecule has 0 bridgehead atoms. The molecule has 1 unspecified atom stereocenters. The average Bonchev–Trinajstić information content (AvgIpc) is 2.63. The number of halogens is 3. The number of ether oxygens (including phenoxy) is 2. The van der Waals surface area contributed by atoms with Gasteiger partial charge in [-0.05, 0) is 53.0 Å². The van der Waals surface area contributed by atoms with Crippen LogP contribution < -0.4 is 14.8 Å². The van der Waals surface area contributed by atoms with Gasteiger partial charge in [-0.1, -0.05) is 25.1 Å². The van der Waals surface area contributed by atoms with Crippen molar-refractivity contribution in [3.63, 3.8) is 0 Å². The Morgan fingerprint density at radius 3 is 2.56 bits per heavy atom. The lowest BCUT2D eigenvalue weighted by Crippen LogP contribution is -2.31. The molecule has 0 aliphatic carbocycles. The zero-order chi connectivity index (χ0) is 18.9. The number of rotatable bonds is 10. The van der Waals surface area contributed by atoms with Gasteiger partial charge in [0, 0.05) is 18.2 Å². The standard InChI is InChI=1S/C20H25BrFNO3.ClH/c1-3-16(12-24)23-11-14-9-17(21)20(19(10-14)25-4-2)26-13-15-7-5-6-8-18(15)22;/h5-10,16,23-24H,3-4,11-13H2,1-2H3;1H. The maximum atomic E-state index is 13.8. The summed E-state index contributed by atoms with van der Waals surface area (Å²) in [6.45, 7) is 5.23. The summed E-state index contributed by atoms with van der Waals surface area (Å²) in [4.78, 5) is 0. The fourth-order valence-electron chi connectivity index (χ4n) is 2.49. The van der Waals surface area contributed by atoms with E-state index in [2.05, 4.69) is 21.2 Å². The van der Waals surface area contributed by atoms with E-state index in [0.717, 1.165) is 16.5 Å². The van der Waals surface area contributed by atoms with Gasteiger partial charge in [-0.3, -0.25) is 0 Å². The van der Waals surface area contributed by atoms with E-state index in [0.29, 0.717) is 30.2 Å². The van der Waals surface area contributed by atoms with E-state index in [1.807, 2.05) is 26.0 Å². The van der Waals surface area contributed by atoms with Crippen molar-refractivity contribution in [2.45, 2.75) is 39.5 Å². The molecule has 0 amide bonds. The molecule has 0 spiro atoms. The zero-order valence-corrected chi connectivity index (χ0v) is 17.9. The molecule has 0 aliphatic rings. The molecule has 1 atom stereocenters. The first kappa shape index (κ1) is 23.7. The molecule has 2 rings (SSSR count). The van der Waals surface area contributed by atoms with Gasteiger partial charge in [-0.25, -0.2) is 4.39 Å². The summed E-state index contributed by atoms with van der Waals surface area (Å²) in [6, 6.07) is 10.4. The molecule has 2 N–H and O–H groups in total. The lowest BCUT2D eigenvalue weighted by Gasteiger charge is -2.18. The number of nitrogens with one attached hydrogen (secondary N) is 1. The zero-order valence-electron chi connectivity index (χ0n) is 15.5. The van der Waals surface area contributed by atoms with E-state index >= 15 is 0 Å². The molecule has 4 nitrogen and oxygen atoms in total. The lowest BCUT2D eigenvalue weighted by molar-refractivity contribution is 0.238. The van der Waals surface area contributed by atoms with E-state index in [1.54, 1.807) is 18.2 Å². The van der Waals surface area contributed by atoms with Crippen LogP contribution in [0.4, 0.5) is 4.39 Å². The van der Waals surface area contributed by atoms with Crippen LogP contribution in [0.15, 0.2) is 40.9 Å². The highest BCUT2D eigenvalue weighted by molar-refractivity contribution is 9.10. The van der Waals surface area contributed by atoms with Gasteiger partial charge in [0.15, 0.2) is 11.5 Å². The summed E-state index contributed by atoms with van der Waals surface area (Å²) in [7, 11) is 0. The van der Waals surface area contributed by atoms with Crippen LogP contribution in [0.2, 0.25) is 0 Å². The van der Waals surface area contributed by atoms with Crippen LogP contribution in [0.1, 0.15) is 31.4 Å². The van der Waals surface area contributed by atoms with Gasteiger partial charge in [0.25, 0.3) is 0 Å². The first-order valence-corrected chi connectivity index (χ1v) is 9.53. The maximum Gasteiger partial charge on any atom is 0.175 e. The molecule has 0 aliphatic heterocycles. The van der Waals surface area contributed by atoms with Crippen LogP contribution in [0.25, 0.3) is 0 Å². The normalized spacial score (nSPS) is 11.6. The van der Waals surface area contributed by atoms with Gasteiger partial charge in [0.05, 0.1) is 17.7 Å². The van der Waals surface area contributed by atoms with Crippen LogP contribution in [0.5, 0.6) is 11.5 Å². The molecule has 0 saturated heterocycles. The van der Waals surface area contributed by atoms with Crippen molar-refractivity contribution in [2.24, 2.45) is 0 Å². The number of aliphatic hydroxyl groups excluding tert-OH is 1. The summed E-state index contributed by atoms with van der Waals surface area (Å²) in [6.07, 6.45) is 0.847. The third kappa shape index (κ3) is 6.96. The fourth-order valence-corrected chi connectivity index (χ4v) is 3.10. The van der Waals surface area contributed by atoms with Crippen molar-refractivity contribution in [2.75, 3.05) is 13.2 Å². The molecule has 0 heterocycles. The van der Waals surface area contributed by atoms with Gasteiger partial charge < -0.3 is 19.9 Å².